The van der Waals surface area contributed by atoms with Crippen LogP contribution in [-0.4, -0.2) is 38.9 Å². The van der Waals surface area contributed by atoms with Gasteiger partial charge in [0, 0.05) is 17.0 Å². The van der Waals surface area contributed by atoms with Gasteiger partial charge in [-0.15, -0.1) is 0 Å². The second-order valence-electron chi connectivity index (χ2n) is 6.55. The number of aryl methyl sites for hydroxylation is 3. The summed E-state index contributed by atoms with van der Waals surface area (Å²) in [4.78, 5) is 31.7. The second kappa shape index (κ2) is 9.36. The molecule has 0 unspecified atom stereocenters. The van der Waals surface area contributed by atoms with Gasteiger partial charge in [-0.25, -0.2) is 20.2 Å². The first-order valence-corrected chi connectivity index (χ1v) is 10.0. The highest BCUT2D eigenvalue weighted by Gasteiger charge is 2.11. The Morgan fingerprint density at radius 1 is 1.13 bits per heavy atom. The molecule has 8 nitrogen and oxygen atoms in total. The minimum Gasteiger partial charge on any atom is -0.478 e. The van der Waals surface area contributed by atoms with Crippen molar-refractivity contribution in [1.29, 1.82) is 0 Å². The lowest BCUT2D eigenvalue weighted by atomic mass is 10.0. The van der Waals surface area contributed by atoms with Gasteiger partial charge in [-0.2, -0.15) is 5.10 Å². The van der Waals surface area contributed by atoms with Gasteiger partial charge in [0.1, 0.15) is 11.5 Å². The van der Waals surface area contributed by atoms with E-state index < -0.39 is 5.97 Å². The molecule has 2 aromatic heterocycles. The zero-order valence-electron chi connectivity index (χ0n) is 16.7. The van der Waals surface area contributed by atoms with Crippen LogP contribution in [0, 0.1) is 20.8 Å². The van der Waals surface area contributed by atoms with Crippen LogP contribution in [-0.2, 0) is 4.79 Å². The molecule has 0 aliphatic heterocycles. The van der Waals surface area contributed by atoms with E-state index in [-0.39, 0.29) is 17.2 Å². The summed E-state index contributed by atoms with van der Waals surface area (Å²) in [7, 11) is 0. The SMILES string of the molecule is Cc1cc(C)nc(SCC(=O)N/N=C\c2ccc(-c3cc(C(=O)O)ccc3C)o2)n1. The zero-order valence-corrected chi connectivity index (χ0v) is 17.5. The van der Waals surface area contributed by atoms with Crippen molar-refractivity contribution in [2.75, 3.05) is 5.75 Å². The van der Waals surface area contributed by atoms with Gasteiger partial charge in [0.05, 0.1) is 17.5 Å². The van der Waals surface area contributed by atoms with E-state index in [0.29, 0.717) is 22.2 Å². The van der Waals surface area contributed by atoms with Crippen molar-refractivity contribution in [2.45, 2.75) is 25.9 Å². The van der Waals surface area contributed by atoms with E-state index in [9.17, 15) is 9.59 Å². The van der Waals surface area contributed by atoms with Crippen LogP contribution in [0.2, 0.25) is 0 Å². The fourth-order valence-electron chi connectivity index (χ4n) is 2.68. The monoisotopic (exact) mass is 424 g/mol. The molecule has 0 aliphatic rings. The summed E-state index contributed by atoms with van der Waals surface area (Å²) in [5.41, 5.74) is 5.88. The number of carboxylic acid groups (broad SMARTS) is 1. The van der Waals surface area contributed by atoms with Crippen molar-refractivity contribution >= 4 is 29.9 Å². The number of hydrogen-bond donors (Lipinski definition) is 2. The van der Waals surface area contributed by atoms with Gasteiger partial charge in [0.25, 0.3) is 5.91 Å². The molecule has 0 radical (unpaired) electrons. The molecule has 0 saturated carbocycles. The van der Waals surface area contributed by atoms with Crippen LogP contribution in [0.15, 0.2) is 51.1 Å². The maximum absolute atomic E-state index is 12.0. The number of thioether (sulfide) groups is 1. The lowest BCUT2D eigenvalue weighted by molar-refractivity contribution is -0.118. The zero-order chi connectivity index (χ0) is 21.7. The molecule has 0 spiro atoms. The van der Waals surface area contributed by atoms with E-state index >= 15 is 0 Å². The van der Waals surface area contributed by atoms with Crippen molar-refractivity contribution in [1.82, 2.24) is 15.4 Å². The highest BCUT2D eigenvalue weighted by Crippen LogP contribution is 2.26. The summed E-state index contributed by atoms with van der Waals surface area (Å²) in [6.45, 7) is 5.62. The first kappa shape index (κ1) is 21.3. The van der Waals surface area contributed by atoms with Crippen LogP contribution in [0.3, 0.4) is 0 Å². The molecule has 3 rings (SSSR count). The Hall–Kier alpha value is -3.46. The number of nitrogens with one attached hydrogen (secondary N) is 1. The van der Waals surface area contributed by atoms with E-state index in [1.807, 2.05) is 26.8 Å². The summed E-state index contributed by atoms with van der Waals surface area (Å²) < 4.78 is 5.70. The molecule has 1 amide bonds. The molecule has 0 fully saturated rings. The predicted molar refractivity (Wildman–Crippen MR) is 114 cm³/mol. The highest BCUT2D eigenvalue weighted by atomic mass is 32.2. The number of furan rings is 1. The Kier molecular flexibility index (Phi) is 6.63. The van der Waals surface area contributed by atoms with Gasteiger partial charge in [0.2, 0.25) is 0 Å². The lowest BCUT2D eigenvalue weighted by Gasteiger charge is -2.04. The summed E-state index contributed by atoms with van der Waals surface area (Å²) in [6, 6.07) is 10.1. The Bertz CT molecular complexity index is 1100. The van der Waals surface area contributed by atoms with E-state index in [0.717, 1.165) is 17.0 Å². The molecule has 3 aromatic rings. The molecule has 2 heterocycles. The molecule has 0 aliphatic carbocycles. The first-order chi connectivity index (χ1) is 14.3. The number of nitrogens with zero attached hydrogens (tertiary/aromatic N) is 3. The minimum atomic E-state index is -1.00. The Labute approximate surface area is 177 Å². The van der Waals surface area contributed by atoms with Gasteiger partial charge in [0.15, 0.2) is 5.16 Å². The Morgan fingerprint density at radius 2 is 1.87 bits per heavy atom. The number of carbonyl (C=O) groups is 2. The molecule has 154 valence electrons. The highest BCUT2D eigenvalue weighted by molar-refractivity contribution is 7.99. The molecule has 2 N–H and O–H groups in total. The third kappa shape index (κ3) is 5.54. The number of carbonyl (C=O) groups excluding carboxylic acids is 1. The fourth-order valence-corrected chi connectivity index (χ4v) is 3.42. The van der Waals surface area contributed by atoms with E-state index in [2.05, 4.69) is 20.5 Å². The quantitative estimate of drug-likeness (QED) is 0.257. The fraction of sp³-hybridized carbons (Fsp3) is 0.190. The summed E-state index contributed by atoms with van der Waals surface area (Å²) >= 11 is 1.23. The molecule has 0 atom stereocenters. The van der Waals surface area contributed by atoms with Crippen LogP contribution < -0.4 is 5.43 Å². The lowest BCUT2D eigenvalue weighted by Crippen LogP contribution is -2.19. The van der Waals surface area contributed by atoms with Crippen molar-refractivity contribution in [3.8, 4) is 11.3 Å². The average Bonchev–Trinajstić information content (AvgIpc) is 3.14. The summed E-state index contributed by atoms with van der Waals surface area (Å²) in [6.07, 6.45) is 1.38. The number of carboxylic acids is 1. The normalized spacial score (nSPS) is 11.0. The largest absolute Gasteiger partial charge is 0.478 e. The molecule has 0 saturated heterocycles. The third-order valence-electron chi connectivity index (χ3n) is 4.05. The van der Waals surface area contributed by atoms with Gasteiger partial charge in [-0.05, 0) is 56.7 Å². The maximum atomic E-state index is 12.0. The smallest absolute Gasteiger partial charge is 0.335 e. The third-order valence-corrected chi connectivity index (χ3v) is 4.90. The van der Waals surface area contributed by atoms with E-state index in [1.165, 1.54) is 18.0 Å². The molecule has 30 heavy (non-hydrogen) atoms. The number of aromatic nitrogens is 2. The number of amides is 1. The average molecular weight is 424 g/mol. The van der Waals surface area contributed by atoms with E-state index in [1.54, 1.807) is 30.3 Å². The van der Waals surface area contributed by atoms with Gasteiger partial charge in [-0.1, -0.05) is 17.8 Å². The standard InChI is InChI=1S/C21H20N4O4S/c1-12-4-5-15(20(27)28)9-17(12)18-7-6-16(29-18)10-22-25-19(26)11-30-21-23-13(2)8-14(3)24-21/h4-10H,11H2,1-3H3,(H,25,26)(H,27,28)/b22-10-. The van der Waals surface area contributed by atoms with Gasteiger partial charge in [-0.3, -0.25) is 4.79 Å². The number of rotatable bonds is 7. The van der Waals surface area contributed by atoms with Gasteiger partial charge < -0.3 is 9.52 Å². The number of benzene rings is 1. The van der Waals surface area contributed by atoms with Crippen molar-refractivity contribution < 1.29 is 19.1 Å². The molecular formula is C21H20N4O4S. The van der Waals surface area contributed by atoms with Crippen molar-refractivity contribution in [3.63, 3.8) is 0 Å². The van der Waals surface area contributed by atoms with Crippen LogP contribution >= 0.6 is 11.8 Å². The number of aromatic carboxylic acids is 1. The van der Waals surface area contributed by atoms with Gasteiger partial charge >= 0.3 is 5.97 Å². The first-order valence-electron chi connectivity index (χ1n) is 9.03. The predicted octanol–water partition coefficient (Wildman–Crippen LogP) is 3.60. The van der Waals surface area contributed by atoms with Crippen LogP contribution in [0.25, 0.3) is 11.3 Å². The topological polar surface area (TPSA) is 118 Å². The van der Waals surface area contributed by atoms with E-state index in [4.69, 9.17) is 9.52 Å². The van der Waals surface area contributed by atoms with Crippen LogP contribution in [0.1, 0.15) is 33.1 Å². The van der Waals surface area contributed by atoms with Crippen LogP contribution in [0.4, 0.5) is 0 Å². The van der Waals surface area contributed by atoms with Crippen LogP contribution in [0.5, 0.6) is 0 Å². The summed E-state index contributed by atoms with van der Waals surface area (Å²) in [5, 5.41) is 13.6. The van der Waals surface area contributed by atoms with Crippen molar-refractivity contribution in [2.24, 2.45) is 5.10 Å². The maximum Gasteiger partial charge on any atom is 0.335 e. The Morgan fingerprint density at radius 3 is 2.57 bits per heavy atom. The number of hydrazone groups is 1. The molecular weight excluding hydrogens is 404 g/mol. The van der Waals surface area contributed by atoms with Crippen molar-refractivity contribution in [3.05, 3.63) is 64.7 Å². The minimum absolute atomic E-state index is 0.130. The Balaban J connectivity index is 1.59. The molecule has 1 aromatic carbocycles. The second-order valence-corrected chi connectivity index (χ2v) is 7.49. The number of hydrogen-bond acceptors (Lipinski definition) is 7. The molecule has 9 heteroatoms. The molecule has 0 bridgehead atoms. The summed E-state index contributed by atoms with van der Waals surface area (Å²) in [5.74, 6) is -0.223.